The van der Waals surface area contributed by atoms with Crippen LogP contribution >= 0.6 is 0 Å². The van der Waals surface area contributed by atoms with Gasteiger partial charge in [-0.05, 0) is 36.8 Å². The summed E-state index contributed by atoms with van der Waals surface area (Å²) in [6, 6.07) is 7.66. The number of ether oxygens (including phenoxy) is 1. The van der Waals surface area contributed by atoms with Crippen molar-refractivity contribution in [2.75, 3.05) is 5.73 Å². The van der Waals surface area contributed by atoms with Gasteiger partial charge in [-0.15, -0.1) is 0 Å². The monoisotopic (exact) mass is 392 g/mol. The Hall–Kier alpha value is -4.14. The molecule has 0 aliphatic heterocycles. The third-order valence-corrected chi connectivity index (χ3v) is 4.28. The van der Waals surface area contributed by atoms with E-state index in [9.17, 15) is 14.0 Å². The van der Waals surface area contributed by atoms with Gasteiger partial charge in [-0.3, -0.25) is 4.79 Å². The first-order chi connectivity index (χ1) is 14.0. The molecule has 144 valence electrons. The van der Waals surface area contributed by atoms with Crippen LogP contribution in [0.2, 0.25) is 0 Å². The summed E-state index contributed by atoms with van der Waals surface area (Å²) in [6.07, 6.45) is 4.24. The van der Waals surface area contributed by atoms with Crippen LogP contribution in [0.25, 0.3) is 11.0 Å². The highest BCUT2D eigenvalue weighted by molar-refractivity contribution is 6.11. The Bertz CT molecular complexity index is 1310. The minimum atomic E-state index is -0.983. The molecule has 0 aliphatic rings. The Labute approximate surface area is 162 Å². The average Bonchev–Trinajstić information content (AvgIpc) is 2.70. The number of pyridine rings is 1. The lowest BCUT2D eigenvalue weighted by atomic mass is 9.98. The molecule has 0 aliphatic carbocycles. The Kier molecular flexibility index (Phi) is 4.47. The third kappa shape index (κ3) is 3.29. The van der Waals surface area contributed by atoms with Crippen LogP contribution < -0.4 is 16.1 Å². The van der Waals surface area contributed by atoms with Gasteiger partial charge in [0.15, 0.2) is 11.6 Å². The number of fused-ring (bicyclic) bond motifs is 1. The normalized spacial score (nSPS) is 10.8. The molecule has 0 amide bonds. The Balaban J connectivity index is 1.79. The predicted octanol–water partition coefficient (Wildman–Crippen LogP) is 3.03. The van der Waals surface area contributed by atoms with Gasteiger partial charge in [0.2, 0.25) is 5.78 Å². The quantitative estimate of drug-likeness (QED) is 0.415. The molecule has 0 atom stereocenters. The second-order valence-corrected chi connectivity index (χ2v) is 6.07. The van der Waals surface area contributed by atoms with Gasteiger partial charge in [0.1, 0.15) is 16.9 Å². The van der Waals surface area contributed by atoms with E-state index in [4.69, 9.17) is 14.9 Å². The minimum Gasteiger partial charge on any atom is -0.424 e. The fourth-order valence-corrected chi connectivity index (χ4v) is 2.88. The zero-order valence-electron chi connectivity index (χ0n) is 15.0. The van der Waals surface area contributed by atoms with Crippen molar-refractivity contribution in [1.29, 1.82) is 0 Å². The van der Waals surface area contributed by atoms with Crippen LogP contribution in [0, 0.1) is 12.7 Å². The van der Waals surface area contributed by atoms with Crippen LogP contribution in [0.3, 0.4) is 0 Å². The van der Waals surface area contributed by atoms with Crippen molar-refractivity contribution in [2.45, 2.75) is 6.92 Å². The van der Waals surface area contributed by atoms with Crippen molar-refractivity contribution >= 4 is 22.6 Å². The molecule has 0 saturated heterocycles. The number of aryl methyl sites for hydroxylation is 1. The van der Waals surface area contributed by atoms with Gasteiger partial charge < -0.3 is 14.9 Å². The molecule has 4 aromatic rings. The van der Waals surface area contributed by atoms with E-state index in [1.54, 1.807) is 25.1 Å². The van der Waals surface area contributed by atoms with Crippen LogP contribution in [0.4, 0.5) is 10.2 Å². The van der Waals surface area contributed by atoms with Crippen LogP contribution in [0.5, 0.6) is 11.8 Å². The number of ketones is 1. The first-order valence-corrected chi connectivity index (χ1v) is 8.42. The van der Waals surface area contributed by atoms with Crippen molar-refractivity contribution in [3.8, 4) is 11.8 Å². The first-order valence-electron chi connectivity index (χ1n) is 8.42. The number of halogens is 1. The van der Waals surface area contributed by atoms with E-state index in [1.807, 2.05) is 0 Å². The Morgan fingerprint density at radius 2 is 1.90 bits per heavy atom. The second-order valence-electron chi connectivity index (χ2n) is 6.07. The molecule has 0 saturated carbocycles. The van der Waals surface area contributed by atoms with Crippen molar-refractivity contribution in [2.24, 2.45) is 0 Å². The lowest BCUT2D eigenvalue weighted by molar-refractivity contribution is 0.103. The lowest BCUT2D eigenvalue weighted by Gasteiger charge is -2.09. The summed E-state index contributed by atoms with van der Waals surface area (Å²) in [4.78, 5) is 36.8. The first kappa shape index (κ1) is 18.2. The predicted molar refractivity (Wildman–Crippen MR) is 101 cm³/mol. The van der Waals surface area contributed by atoms with E-state index >= 15 is 0 Å². The molecule has 1 aromatic carbocycles. The Morgan fingerprint density at radius 3 is 2.66 bits per heavy atom. The molecule has 0 fully saturated rings. The molecule has 2 N–H and O–H groups in total. The summed E-state index contributed by atoms with van der Waals surface area (Å²) in [7, 11) is 0. The van der Waals surface area contributed by atoms with E-state index in [0.717, 1.165) is 6.07 Å². The number of nitrogens with two attached hydrogens (primary N) is 1. The molecule has 4 rings (SSSR count). The molecule has 0 bridgehead atoms. The third-order valence-electron chi connectivity index (χ3n) is 4.28. The van der Waals surface area contributed by atoms with E-state index in [1.165, 1.54) is 24.7 Å². The number of nitrogen functional groups attached to an aromatic ring is 1. The fourth-order valence-electron chi connectivity index (χ4n) is 2.88. The number of aromatic nitrogens is 3. The average molecular weight is 392 g/mol. The number of carbonyl (C=O) groups is 1. The zero-order valence-corrected chi connectivity index (χ0v) is 15.0. The highest BCUT2D eigenvalue weighted by atomic mass is 19.1. The zero-order chi connectivity index (χ0) is 20.5. The van der Waals surface area contributed by atoms with Crippen molar-refractivity contribution in [3.63, 3.8) is 0 Å². The number of anilines is 1. The molecular formula is C20H13FN4O4. The number of carbonyl (C=O) groups excluding carboxylic acids is 1. The van der Waals surface area contributed by atoms with Crippen molar-refractivity contribution in [1.82, 2.24) is 15.0 Å². The number of hydrogen-bond donors (Lipinski definition) is 1. The molecule has 0 radical (unpaired) electrons. The summed E-state index contributed by atoms with van der Waals surface area (Å²) in [6.45, 7) is 1.58. The molecule has 9 heteroatoms. The van der Waals surface area contributed by atoms with Crippen LogP contribution in [0.1, 0.15) is 21.5 Å². The Morgan fingerprint density at radius 1 is 1.14 bits per heavy atom. The van der Waals surface area contributed by atoms with Gasteiger partial charge >= 0.3 is 11.6 Å². The van der Waals surface area contributed by atoms with Gasteiger partial charge in [-0.1, -0.05) is 0 Å². The van der Waals surface area contributed by atoms with E-state index in [-0.39, 0.29) is 22.7 Å². The van der Waals surface area contributed by atoms with Gasteiger partial charge in [-0.25, -0.2) is 24.1 Å². The van der Waals surface area contributed by atoms with Gasteiger partial charge in [0, 0.05) is 30.0 Å². The van der Waals surface area contributed by atoms with E-state index in [0.29, 0.717) is 16.7 Å². The summed E-state index contributed by atoms with van der Waals surface area (Å²) < 4.78 is 25.0. The highest BCUT2D eigenvalue weighted by Gasteiger charge is 2.24. The number of hydrogen-bond acceptors (Lipinski definition) is 8. The largest absolute Gasteiger partial charge is 0.424 e. The maximum atomic E-state index is 14.2. The van der Waals surface area contributed by atoms with Gasteiger partial charge in [0.05, 0.1) is 5.56 Å². The summed E-state index contributed by atoms with van der Waals surface area (Å²) >= 11 is 0. The van der Waals surface area contributed by atoms with E-state index in [2.05, 4.69) is 15.0 Å². The van der Waals surface area contributed by atoms with Crippen LogP contribution in [-0.2, 0) is 0 Å². The number of benzene rings is 1. The molecule has 3 aromatic heterocycles. The second kappa shape index (κ2) is 7.12. The minimum absolute atomic E-state index is 0.128. The number of nitrogens with zero attached hydrogens (tertiary/aromatic N) is 3. The smallest absolute Gasteiger partial charge is 0.347 e. The summed E-state index contributed by atoms with van der Waals surface area (Å²) in [5.74, 6) is -1.90. The molecule has 29 heavy (non-hydrogen) atoms. The maximum absolute atomic E-state index is 14.2. The maximum Gasteiger partial charge on any atom is 0.347 e. The number of rotatable bonds is 4. The summed E-state index contributed by atoms with van der Waals surface area (Å²) in [5, 5.41) is 0.497. The molecule has 0 unspecified atom stereocenters. The van der Waals surface area contributed by atoms with Crippen molar-refractivity contribution in [3.05, 3.63) is 81.9 Å². The van der Waals surface area contributed by atoms with E-state index < -0.39 is 23.0 Å². The topological polar surface area (TPSA) is 121 Å². The standard InChI is InChI=1S/C20H13FN4O4/c1-10-12-4-3-11(28-20-24-6-2-7-25-20)9-14(12)29-19(27)15(10)17(26)13-5-8-23-18(22)16(13)21/h2-9H,1H3,(H2,22,23). The molecule has 0 spiro atoms. The van der Waals surface area contributed by atoms with Gasteiger partial charge in [0.25, 0.3) is 0 Å². The van der Waals surface area contributed by atoms with Gasteiger partial charge in [-0.2, -0.15) is 0 Å². The molecule has 3 heterocycles. The highest BCUT2D eigenvalue weighted by Crippen LogP contribution is 2.27. The van der Waals surface area contributed by atoms with Crippen LogP contribution in [-0.4, -0.2) is 20.7 Å². The molecular weight excluding hydrogens is 379 g/mol. The van der Waals surface area contributed by atoms with Crippen molar-refractivity contribution < 1.29 is 18.3 Å². The van der Waals surface area contributed by atoms with Crippen LogP contribution in [0.15, 0.2) is 58.1 Å². The molecule has 8 nitrogen and oxygen atoms in total. The lowest BCUT2D eigenvalue weighted by Crippen LogP contribution is -2.19. The fraction of sp³-hybridized carbons (Fsp3) is 0.0500. The summed E-state index contributed by atoms with van der Waals surface area (Å²) in [5.41, 5.74) is 4.44. The SMILES string of the molecule is Cc1c(C(=O)c2ccnc(N)c2F)c(=O)oc2cc(Oc3ncccn3)ccc12.